The van der Waals surface area contributed by atoms with Crippen molar-refractivity contribution in [2.24, 2.45) is 5.11 Å². The van der Waals surface area contributed by atoms with E-state index in [0.717, 1.165) is 0 Å². The number of nitro groups is 1. The van der Waals surface area contributed by atoms with Crippen molar-refractivity contribution in [2.45, 2.75) is 6.18 Å². The fourth-order valence-electron chi connectivity index (χ4n) is 1.05. The number of nitrogens with zero attached hydrogens (tertiary/aromatic N) is 3. The van der Waals surface area contributed by atoms with E-state index in [2.05, 4.69) is 18.6 Å². The Bertz CT molecular complexity index is 635. The Kier molecular flexibility index (Phi) is 5.12. The SMILES string of the molecule is O=[N+]([O-])c1cc(C(F)(F)F)ccc1N=[N+]=[S-](=O)OOO. The first-order valence-electron chi connectivity index (χ1n) is 4.43. The summed E-state index contributed by atoms with van der Waals surface area (Å²) in [5, 5.41) is 24.5. The van der Waals surface area contributed by atoms with E-state index in [1.807, 2.05) is 0 Å². The van der Waals surface area contributed by atoms with Gasteiger partial charge in [0, 0.05) is 6.07 Å². The number of halogens is 3. The Morgan fingerprint density at radius 2 is 2.10 bits per heavy atom. The van der Waals surface area contributed by atoms with Crippen molar-refractivity contribution in [3.63, 3.8) is 0 Å². The van der Waals surface area contributed by atoms with Gasteiger partial charge in [-0.25, -0.2) is 9.59 Å². The van der Waals surface area contributed by atoms with Gasteiger partial charge in [0.05, 0.1) is 10.5 Å². The zero-order valence-corrected chi connectivity index (χ0v) is 9.92. The van der Waals surface area contributed by atoms with Gasteiger partial charge in [-0.1, -0.05) is 5.04 Å². The van der Waals surface area contributed by atoms with Gasteiger partial charge in [0.25, 0.3) is 10.9 Å². The van der Waals surface area contributed by atoms with Gasteiger partial charge in [-0.05, 0) is 16.3 Å². The molecule has 20 heavy (non-hydrogen) atoms. The molecule has 0 aliphatic rings. The molecule has 0 atom stereocenters. The Morgan fingerprint density at radius 3 is 2.60 bits per heavy atom. The first-order chi connectivity index (χ1) is 9.25. The van der Waals surface area contributed by atoms with Crippen LogP contribution >= 0.6 is 0 Å². The number of hydrogen-bond donors (Lipinski definition) is 1. The largest absolute Gasteiger partial charge is 0.416 e. The highest BCUT2D eigenvalue weighted by atomic mass is 32.2. The first-order valence-corrected chi connectivity index (χ1v) is 5.46. The number of benzene rings is 1. The summed E-state index contributed by atoms with van der Waals surface area (Å²) in [6.45, 7) is 0. The first kappa shape index (κ1) is 16.0. The third kappa shape index (κ3) is 4.25. The smallest absolute Gasteiger partial charge is 0.349 e. The van der Waals surface area contributed by atoms with E-state index in [4.69, 9.17) is 5.26 Å². The van der Waals surface area contributed by atoms with E-state index in [1.165, 1.54) is 0 Å². The van der Waals surface area contributed by atoms with Crippen LogP contribution in [-0.2, 0) is 30.6 Å². The van der Waals surface area contributed by atoms with Gasteiger partial charge in [0.2, 0.25) is 5.69 Å². The third-order valence-corrected chi connectivity index (χ3v) is 2.20. The molecule has 13 heteroatoms. The van der Waals surface area contributed by atoms with E-state index in [1.54, 1.807) is 0 Å². The zero-order chi connectivity index (χ0) is 15.3. The molecular weight excluding hydrogens is 311 g/mol. The molecule has 1 N–H and O–H groups in total. The zero-order valence-electron chi connectivity index (χ0n) is 9.10. The lowest BCUT2D eigenvalue weighted by Crippen LogP contribution is -2.05. The van der Waals surface area contributed by atoms with Crippen LogP contribution in [0.5, 0.6) is 0 Å². The minimum atomic E-state index is -4.77. The maximum Gasteiger partial charge on any atom is 0.416 e. The third-order valence-electron chi connectivity index (χ3n) is 1.80. The second-order valence-corrected chi connectivity index (χ2v) is 3.73. The molecule has 9 nitrogen and oxygen atoms in total. The van der Waals surface area contributed by atoms with Crippen LogP contribution in [0.1, 0.15) is 5.56 Å². The molecule has 0 spiro atoms. The van der Waals surface area contributed by atoms with Crippen LogP contribution in [-0.4, -0.2) is 10.2 Å². The molecule has 0 aliphatic carbocycles. The summed E-state index contributed by atoms with van der Waals surface area (Å²) in [5.41, 5.74) is -2.83. The van der Waals surface area contributed by atoms with Crippen molar-refractivity contribution in [1.29, 1.82) is 0 Å². The van der Waals surface area contributed by atoms with Crippen molar-refractivity contribution in [1.82, 2.24) is 4.16 Å². The predicted octanol–water partition coefficient (Wildman–Crippen LogP) is 2.25. The molecule has 0 radical (unpaired) electrons. The van der Waals surface area contributed by atoms with Crippen molar-refractivity contribution in [2.75, 3.05) is 0 Å². The Hall–Kier alpha value is -2.05. The highest BCUT2D eigenvalue weighted by Crippen LogP contribution is 2.35. The summed E-state index contributed by atoms with van der Waals surface area (Å²) in [5.74, 6) is 0. The summed E-state index contributed by atoms with van der Waals surface area (Å²) in [6.07, 6.45) is -4.77. The average molecular weight is 315 g/mol. The molecule has 0 amide bonds. The minimum Gasteiger partial charge on any atom is -0.349 e. The second kappa shape index (κ2) is 6.40. The Morgan fingerprint density at radius 1 is 1.45 bits per heavy atom. The van der Waals surface area contributed by atoms with E-state index in [9.17, 15) is 27.5 Å². The topological polar surface area (TPSA) is 125 Å². The van der Waals surface area contributed by atoms with Gasteiger partial charge in [-0.15, -0.1) is 0 Å². The van der Waals surface area contributed by atoms with Crippen molar-refractivity contribution in [3.8, 4) is 0 Å². The highest BCUT2D eigenvalue weighted by Gasteiger charge is 2.33. The fraction of sp³-hybridized carbons (Fsp3) is 0.143. The highest BCUT2D eigenvalue weighted by molar-refractivity contribution is 7.68. The van der Waals surface area contributed by atoms with Crippen LogP contribution in [0.4, 0.5) is 24.5 Å². The number of alkyl halides is 3. The maximum absolute atomic E-state index is 12.4. The average Bonchev–Trinajstić information content (AvgIpc) is 2.35. The lowest BCUT2D eigenvalue weighted by atomic mass is 10.1. The number of hydrogen-bond acceptors (Lipinski definition) is 8. The van der Waals surface area contributed by atoms with Gasteiger partial charge in [-0.3, -0.25) is 10.1 Å². The Balaban J connectivity index is 3.32. The molecule has 0 heterocycles. The standard InChI is InChI=1S/C7H4F3N3O6S/c8-7(9,10)4-1-2-5(6(3-4)13(14)15)11-12-20(17)19-18-16/h1-3,16H. The number of rotatable bonds is 4. The lowest BCUT2D eigenvalue weighted by Gasteiger charge is -2.05. The van der Waals surface area contributed by atoms with Crippen LogP contribution in [0, 0.1) is 10.1 Å². The normalized spacial score (nSPS) is 11.2. The molecule has 0 fully saturated rings. The van der Waals surface area contributed by atoms with Gasteiger partial charge >= 0.3 is 11.9 Å². The molecule has 0 unspecified atom stereocenters. The minimum absolute atomic E-state index is 0.251. The molecule has 1 aromatic carbocycles. The van der Waals surface area contributed by atoms with Gasteiger partial charge in [0.1, 0.15) is 5.11 Å². The molecule has 0 aromatic heterocycles. The van der Waals surface area contributed by atoms with Gasteiger partial charge < -0.3 is 4.21 Å². The van der Waals surface area contributed by atoms with Gasteiger partial charge in [0.15, 0.2) is 0 Å². The molecule has 1 aromatic rings. The fourth-order valence-corrected chi connectivity index (χ4v) is 1.28. The molecule has 0 saturated carbocycles. The molecular formula is C7H4F3N3O6S. The predicted molar refractivity (Wildman–Crippen MR) is 55.2 cm³/mol. The van der Waals surface area contributed by atoms with Crippen molar-refractivity contribution >= 4 is 22.3 Å². The quantitative estimate of drug-likeness (QED) is 0.227. The van der Waals surface area contributed by atoms with Crippen molar-refractivity contribution in [3.05, 3.63) is 33.9 Å². The molecule has 1 rings (SSSR count). The summed E-state index contributed by atoms with van der Waals surface area (Å²) >= 11 is 0. The van der Waals surface area contributed by atoms with Crippen LogP contribution in [0.15, 0.2) is 23.3 Å². The number of nitro benzene ring substituents is 1. The van der Waals surface area contributed by atoms with E-state index in [-0.39, 0.29) is 6.07 Å². The summed E-state index contributed by atoms with van der Waals surface area (Å²) < 4.78 is 54.3. The maximum atomic E-state index is 12.4. The van der Waals surface area contributed by atoms with Crippen LogP contribution in [0.3, 0.4) is 0 Å². The van der Waals surface area contributed by atoms with Crippen LogP contribution in [0.25, 0.3) is 0 Å². The van der Waals surface area contributed by atoms with Crippen LogP contribution < -0.4 is 4.16 Å². The van der Waals surface area contributed by atoms with E-state index < -0.39 is 38.9 Å². The molecule has 110 valence electrons. The van der Waals surface area contributed by atoms with Crippen LogP contribution in [0.2, 0.25) is 0 Å². The lowest BCUT2D eigenvalue weighted by molar-refractivity contribution is -0.434. The summed E-state index contributed by atoms with van der Waals surface area (Å²) in [7, 11) is -2.62. The monoisotopic (exact) mass is 315 g/mol. The van der Waals surface area contributed by atoms with E-state index >= 15 is 0 Å². The second-order valence-electron chi connectivity index (χ2n) is 3.00. The van der Waals surface area contributed by atoms with Gasteiger partial charge in [-0.2, -0.15) is 13.2 Å². The summed E-state index contributed by atoms with van der Waals surface area (Å²) in [6, 6.07) is 1.45. The molecule has 0 aliphatic heterocycles. The van der Waals surface area contributed by atoms with Crippen molar-refractivity contribution < 1.29 is 36.9 Å². The van der Waals surface area contributed by atoms with E-state index in [0.29, 0.717) is 12.1 Å². The summed E-state index contributed by atoms with van der Waals surface area (Å²) in [4.78, 5) is 9.52. The molecule has 0 bridgehead atoms. The Labute approximate surface area is 109 Å². The molecule has 0 saturated heterocycles.